The van der Waals surface area contributed by atoms with Crippen molar-refractivity contribution < 1.29 is 13.2 Å². The fourth-order valence-corrected chi connectivity index (χ4v) is 4.20. The van der Waals surface area contributed by atoms with Crippen LogP contribution in [0.4, 0.5) is 24.5 Å². The van der Waals surface area contributed by atoms with E-state index in [4.69, 9.17) is 22.2 Å². The minimum absolute atomic E-state index is 0.179. The van der Waals surface area contributed by atoms with Gasteiger partial charge in [0, 0.05) is 41.9 Å². The first-order valence-corrected chi connectivity index (χ1v) is 11.8. The van der Waals surface area contributed by atoms with Crippen molar-refractivity contribution in [1.29, 1.82) is 0 Å². The number of thiocarbonyl (C=S) groups is 1. The van der Waals surface area contributed by atoms with Crippen molar-refractivity contribution in [3.63, 3.8) is 0 Å². The maximum Gasteiger partial charge on any atom is 0.416 e. The van der Waals surface area contributed by atoms with Gasteiger partial charge in [-0.05, 0) is 78.8 Å². The van der Waals surface area contributed by atoms with Crippen LogP contribution in [0.3, 0.4) is 0 Å². The molecule has 0 unspecified atom stereocenters. The molecule has 0 amide bonds. The van der Waals surface area contributed by atoms with Gasteiger partial charge in [-0.1, -0.05) is 12.1 Å². The predicted octanol–water partition coefficient (Wildman–Crippen LogP) is 6.75. The summed E-state index contributed by atoms with van der Waals surface area (Å²) in [5, 5.41) is 6.04. The third-order valence-electron chi connectivity index (χ3n) is 5.79. The highest BCUT2D eigenvalue weighted by atomic mass is 32.1. The van der Waals surface area contributed by atoms with Crippen molar-refractivity contribution in [2.75, 3.05) is 10.6 Å². The van der Waals surface area contributed by atoms with Gasteiger partial charge in [-0.3, -0.25) is 4.98 Å². The maximum absolute atomic E-state index is 13.0. The van der Waals surface area contributed by atoms with Gasteiger partial charge in [0.15, 0.2) is 5.11 Å². The highest BCUT2D eigenvalue weighted by Gasteiger charge is 2.30. The van der Waals surface area contributed by atoms with Gasteiger partial charge in [-0.2, -0.15) is 13.2 Å². The molecule has 10 heteroatoms. The number of benzene rings is 2. The Hall–Kier alpha value is -4.31. The number of nitrogens with one attached hydrogen (secondary N) is 3. The molecular formula is C27H21F3N6S. The summed E-state index contributed by atoms with van der Waals surface area (Å²) in [6, 6.07) is 16.3. The first kappa shape index (κ1) is 24.4. The lowest BCUT2D eigenvalue weighted by Crippen LogP contribution is -2.19. The molecule has 5 aromatic rings. The van der Waals surface area contributed by atoms with E-state index in [2.05, 4.69) is 20.6 Å². The molecule has 37 heavy (non-hydrogen) atoms. The number of H-pyrrole nitrogens is 1. The summed E-state index contributed by atoms with van der Waals surface area (Å²) in [4.78, 5) is 17.0. The smallest absolute Gasteiger partial charge is 0.358 e. The molecular weight excluding hydrogens is 497 g/mol. The van der Waals surface area contributed by atoms with Crippen molar-refractivity contribution >= 4 is 39.7 Å². The van der Waals surface area contributed by atoms with Gasteiger partial charge in [-0.25, -0.2) is 9.97 Å². The Morgan fingerprint density at radius 2 is 1.78 bits per heavy atom. The standard InChI is InChI=1S/C27H21F3N6S/c1-16-7-8-21(34-26(37)33-20-6-2-5-19(14-20)27(28,29)30)12-18(16)13-23-35-22-9-11-32-25(22)24(36-23)17-4-3-10-31-15-17/h2-12,14-15,32H,13H2,1H3,(H2,33,34,37). The van der Waals surface area contributed by atoms with E-state index < -0.39 is 11.7 Å². The number of aromatic nitrogens is 4. The van der Waals surface area contributed by atoms with Gasteiger partial charge in [0.2, 0.25) is 0 Å². The largest absolute Gasteiger partial charge is 0.416 e. The zero-order valence-corrected chi connectivity index (χ0v) is 20.4. The zero-order valence-electron chi connectivity index (χ0n) is 19.6. The second-order valence-corrected chi connectivity index (χ2v) is 8.85. The van der Waals surface area contributed by atoms with Crippen LogP contribution in [0.15, 0.2) is 79.3 Å². The molecule has 2 aromatic carbocycles. The van der Waals surface area contributed by atoms with Crippen LogP contribution in [0, 0.1) is 6.92 Å². The van der Waals surface area contributed by atoms with Crippen LogP contribution in [-0.2, 0) is 12.6 Å². The number of aromatic amines is 1. The summed E-state index contributed by atoms with van der Waals surface area (Å²) in [7, 11) is 0. The number of hydrogen-bond acceptors (Lipinski definition) is 4. The minimum Gasteiger partial charge on any atom is -0.358 e. The number of rotatable bonds is 5. The molecule has 186 valence electrons. The molecule has 0 saturated carbocycles. The number of halogens is 3. The molecule has 0 spiro atoms. The van der Waals surface area contributed by atoms with E-state index in [9.17, 15) is 13.2 Å². The Balaban J connectivity index is 1.36. The van der Waals surface area contributed by atoms with Gasteiger partial charge in [0.25, 0.3) is 0 Å². The van der Waals surface area contributed by atoms with Crippen LogP contribution < -0.4 is 10.6 Å². The Morgan fingerprint density at radius 3 is 2.54 bits per heavy atom. The number of nitrogens with zero attached hydrogens (tertiary/aromatic N) is 3. The van der Waals surface area contributed by atoms with E-state index in [1.165, 1.54) is 12.1 Å². The summed E-state index contributed by atoms with van der Waals surface area (Å²) < 4.78 is 39.0. The highest BCUT2D eigenvalue weighted by Crippen LogP contribution is 2.31. The van der Waals surface area contributed by atoms with Gasteiger partial charge in [0.05, 0.1) is 22.3 Å². The van der Waals surface area contributed by atoms with Gasteiger partial charge < -0.3 is 15.6 Å². The lowest BCUT2D eigenvalue weighted by Gasteiger charge is -2.14. The number of alkyl halides is 3. The molecule has 0 aliphatic rings. The van der Waals surface area contributed by atoms with Crippen LogP contribution in [0.5, 0.6) is 0 Å². The van der Waals surface area contributed by atoms with Crippen molar-refractivity contribution in [2.45, 2.75) is 19.5 Å². The highest BCUT2D eigenvalue weighted by molar-refractivity contribution is 7.80. The zero-order chi connectivity index (χ0) is 26.0. The third-order valence-corrected chi connectivity index (χ3v) is 5.99. The van der Waals surface area contributed by atoms with Crippen molar-refractivity contribution in [1.82, 2.24) is 19.9 Å². The molecule has 0 aliphatic heterocycles. The van der Waals surface area contributed by atoms with Crippen LogP contribution in [0.1, 0.15) is 22.5 Å². The van der Waals surface area contributed by atoms with Crippen LogP contribution >= 0.6 is 12.2 Å². The third kappa shape index (κ3) is 5.59. The number of hydrogen-bond donors (Lipinski definition) is 3. The number of pyridine rings is 1. The molecule has 3 N–H and O–H groups in total. The van der Waals surface area contributed by atoms with Crippen molar-refractivity contribution in [2.24, 2.45) is 0 Å². The molecule has 0 bridgehead atoms. The van der Waals surface area contributed by atoms with E-state index in [0.29, 0.717) is 17.9 Å². The van der Waals surface area contributed by atoms with Gasteiger partial charge >= 0.3 is 6.18 Å². The topological polar surface area (TPSA) is 78.5 Å². The lowest BCUT2D eigenvalue weighted by atomic mass is 10.0. The SMILES string of the molecule is Cc1ccc(NC(=S)Nc2cccc(C(F)(F)F)c2)cc1Cc1nc(-c2cccnc2)c2[nH]ccc2n1. The predicted molar refractivity (Wildman–Crippen MR) is 142 cm³/mol. The van der Waals surface area contributed by atoms with Crippen molar-refractivity contribution in [3.05, 3.63) is 102 Å². The quantitative estimate of drug-likeness (QED) is 0.224. The first-order chi connectivity index (χ1) is 17.8. The first-order valence-electron chi connectivity index (χ1n) is 11.4. The molecule has 6 nitrogen and oxygen atoms in total. The summed E-state index contributed by atoms with van der Waals surface area (Å²) in [5.41, 5.74) is 5.53. The summed E-state index contributed by atoms with van der Waals surface area (Å²) >= 11 is 5.34. The van der Waals surface area contributed by atoms with Gasteiger partial charge in [-0.15, -0.1) is 0 Å². The summed E-state index contributed by atoms with van der Waals surface area (Å²) in [6.45, 7) is 2.00. The lowest BCUT2D eigenvalue weighted by molar-refractivity contribution is -0.137. The molecule has 0 saturated heterocycles. The summed E-state index contributed by atoms with van der Waals surface area (Å²) in [6.07, 6.45) is 1.36. The fourth-order valence-electron chi connectivity index (χ4n) is 3.96. The Kier molecular flexibility index (Phi) is 6.58. The molecule has 0 radical (unpaired) electrons. The van der Waals surface area contributed by atoms with E-state index in [1.54, 1.807) is 12.4 Å². The molecule has 3 heterocycles. The Morgan fingerprint density at radius 1 is 0.973 bits per heavy atom. The monoisotopic (exact) mass is 518 g/mol. The average Bonchev–Trinajstić information content (AvgIpc) is 3.34. The fraction of sp³-hybridized carbons (Fsp3) is 0.111. The van der Waals surface area contributed by atoms with Crippen LogP contribution in [0.2, 0.25) is 0 Å². The maximum atomic E-state index is 13.0. The second kappa shape index (κ2) is 9.98. The number of aryl methyl sites for hydroxylation is 1. The average molecular weight is 519 g/mol. The molecule has 0 fully saturated rings. The molecule has 0 atom stereocenters. The molecule has 0 aliphatic carbocycles. The van der Waals surface area contributed by atoms with E-state index in [0.717, 1.165) is 45.6 Å². The van der Waals surface area contributed by atoms with Crippen molar-refractivity contribution in [3.8, 4) is 11.3 Å². The normalized spacial score (nSPS) is 11.5. The molecule has 5 rings (SSSR count). The van der Waals surface area contributed by atoms with E-state index >= 15 is 0 Å². The molecule has 3 aromatic heterocycles. The summed E-state index contributed by atoms with van der Waals surface area (Å²) in [5.74, 6) is 0.649. The Labute approximate surface area is 216 Å². The minimum atomic E-state index is -4.43. The second-order valence-electron chi connectivity index (χ2n) is 8.44. The van der Waals surface area contributed by atoms with Gasteiger partial charge in [0.1, 0.15) is 5.82 Å². The Bertz CT molecular complexity index is 1580. The van der Waals surface area contributed by atoms with Crippen LogP contribution in [0.25, 0.3) is 22.3 Å². The van der Waals surface area contributed by atoms with E-state index in [1.807, 2.05) is 49.5 Å². The number of anilines is 2. The number of fused-ring (bicyclic) bond motifs is 1. The van der Waals surface area contributed by atoms with E-state index in [-0.39, 0.29) is 10.8 Å². The van der Waals surface area contributed by atoms with Crippen LogP contribution in [-0.4, -0.2) is 25.0 Å².